The Labute approximate surface area is 214 Å². The van der Waals surface area contributed by atoms with E-state index in [1.54, 1.807) is 6.20 Å². The van der Waals surface area contributed by atoms with E-state index in [2.05, 4.69) is 20.9 Å². The number of aromatic nitrogens is 1. The Morgan fingerprint density at radius 1 is 0.946 bits per heavy atom. The predicted octanol–water partition coefficient (Wildman–Crippen LogP) is -0.0918. The van der Waals surface area contributed by atoms with E-state index in [0.29, 0.717) is 0 Å². The van der Waals surface area contributed by atoms with E-state index < -0.39 is 53.8 Å². The highest BCUT2D eigenvalue weighted by molar-refractivity contribution is 5.94. The standard InChI is InChI=1S/C25H36N6O6/c1-13(2)10-20(24(35)30-19(25(36)37)8-9-21(27)32)31-22(33)14(3)29-23(34)17(26)11-15-12-28-18-7-5-4-6-16(15)18/h4-7,12-14,17,19-20,28H,8-11,26H2,1-3H3,(H2,27,32)(H,29,34)(H,30,35)(H,31,33)(H,36,37). The summed E-state index contributed by atoms with van der Waals surface area (Å²) >= 11 is 0. The molecule has 1 aromatic carbocycles. The highest BCUT2D eigenvalue weighted by Crippen LogP contribution is 2.18. The third-order valence-corrected chi connectivity index (χ3v) is 5.84. The number of carbonyl (C=O) groups is 5. The van der Waals surface area contributed by atoms with Crippen LogP contribution in [0.25, 0.3) is 10.9 Å². The molecule has 202 valence electrons. The molecule has 2 rings (SSSR count). The second-order valence-electron chi connectivity index (χ2n) is 9.50. The predicted molar refractivity (Wildman–Crippen MR) is 137 cm³/mol. The Kier molecular flexibility index (Phi) is 10.6. The third-order valence-electron chi connectivity index (χ3n) is 5.84. The van der Waals surface area contributed by atoms with Crippen molar-refractivity contribution in [2.45, 2.75) is 70.6 Å². The summed E-state index contributed by atoms with van der Waals surface area (Å²) < 4.78 is 0. The second kappa shape index (κ2) is 13.4. The first-order valence-corrected chi connectivity index (χ1v) is 12.1. The highest BCUT2D eigenvalue weighted by atomic mass is 16.4. The van der Waals surface area contributed by atoms with Gasteiger partial charge in [0.1, 0.15) is 18.1 Å². The summed E-state index contributed by atoms with van der Waals surface area (Å²) in [7, 11) is 0. The van der Waals surface area contributed by atoms with Crippen LogP contribution in [0.15, 0.2) is 30.5 Å². The maximum atomic E-state index is 12.8. The molecular formula is C25H36N6O6. The number of hydrogen-bond donors (Lipinski definition) is 7. The lowest BCUT2D eigenvalue weighted by Crippen LogP contribution is -2.56. The van der Waals surface area contributed by atoms with E-state index in [1.807, 2.05) is 38.1 Å². The molecule has 0 radical (unpaired) electrons. The number of nitrogens with one attached hydrogen (secondary N) is 4. The van der Waals surface area contributed by atoms with Crippen molar-refractivity contribution in [3.8, 4) is 0 Å². The van der Waals surface area contributed by atoms with Crippen molar-refractivity contribution in [3.63, 3.8) is 0 Å². The Morgan fingerprint density at radius 2 is 1.59 bits per heavy atom. The molecule has 1 aromatic heterocycles. The average Bonchev–Trinajstić information content (AvgIpc) is 3.23. The quantitative estimate of drug-likeness (QED) is 0.181. The summed E-state index contributed by atoms with van der Waals surface area (Å²) in [4.78, 5) is 63.9. The average molecular weight is 517 g/mol. The van der Waals surface area contributed by atoms with Crippen LogP contribution in [0.5, 0.6) is 0 Å². The number of carbonyl (C=O) groups excluding carboxylic acids is 4. The minimum Gasteiger partial charge on any atom is -0.480 e. The van der Waals surface area contributed by atoms with Gasteiger partial charge in [0.2, 0.25) is 23.6 Å². The van der Waals surface area contributed by atoms with E-state index in [0.717, 1.165) is 16.5 Å². The molecule has 0 aliphatic heterocycles. The zero-order chi connectivity index (χ0) is 27.7. The van der Waals surface area contributed by atoms with Crippen LogP contribution >= 0.6 is 0 Å². The number of carboxylic acids is 1. The van der Waals surface area contributed by atoms with Crippen molar-refractivity contribution < 1.29 is 29.1 Å². The molecule has 0 saturated carbocycles. The maximum absolute atomic E-state index is 12.8. The van der Waals surface area contributed by atoms with Gasteiger partial charge in [-0.1, -0.05) is 32.0 Å². The van der Waals surface area contributed by atoms with E-state index in [4.69, 9.17) is 11.5 Å². The molecule has 12 nitrogen and oxygen atoms in total. The molecule has 12 heteroatoms. The van der Waals surface area contributed by atoms with Crippen LogP contribution in [-0.2, 0) is 30.4 Å². The van der Waals surface area contributed by atoms with Crippen LogP contribution in [0.1, 0.15) is 45.6 Å². The van der Waals surface area contributed by atoms with Crippen molar-refractivity contribution in [2.24, 2.45) is 17.4 Å². The number of para-hydroxylation sites is 1. The fourth-order valence-electron chi connectivity index (χ4n) is 3.83. The molecule has 1 heterocycles. The largest absolute Gasteiger partial charge is 0.480 e. The van der Waals surface area contributed by atoms with Gasteiger partial charge < -0.3 is 37.5 Å². The number of primary amides is 1. The van der Waals surface area contributed by atoms with Gasteiger partial charge in [0.25, 0.3) is 0 Å². The first-order chi connectivity index (χ1) is 17.4. The molecule has 4 amide bonds. The van der Waals surface area contributed by atoms with Crippen molar-refractivity contribution in [1.82, 2.24) is 20.9 Å². The number of carboxylic acid groups (broad SMARTS) is 1. The van der Waals surface area contributed by atoms with Gasteiger partial charge in [0, 0.05) is 23.5 Å². The SMILES string of the molecule is CC(C)CC(NC(=O)C(C)NC(=O)C(N)Cc1c[nH]c2ccccc12)C(=O)NC(CCC(N)=O)C(=O)O. The zero-order valence-electron chi connectivity index (χ0n) is 21.2. The number of amides is 4. The maximum Gasteiger partial charge on any atom is 0.326 e. The van der Waals surface area contributed by atoms with Gasteiger partial charge in [-0.15, -0.1) is 0 Å². The summed E-state index contributed by atoms with van der Waals surface area (Å²) in [5, 5.41) is 17.8. The van der Waals surface area contributed by atoms with Gasteiger partial charge in [-0.2, -0.15) is 0 Å². The molecule has 9 N–H and O–H groups in total. The first-order valence-electron chi connectivity index (χ1n) is 12.1. The lowest BCUT2D eigenvalue weighted by molar-refractivity contribution is -0.142. The van der Waals surface area contributed by atoms with Crippen LogP contribution in [0, 0.1) is 5.92 Å². The van der Waals surface area contributed by atoms with Crippen LogP contribution in [0.2, 0.25) is 0 Å². The molecule has 0 spiro atoms. The number of H-pyrrole nitrogens is 1. The number of hydrogen-bond acceptors (Lipinski definition) is 6. The van der Waals surface area contributed by atoms with Gasteiger partial charge >= 0.3 is 5.97 Å². The molecular weight excluding hydrogens is 480 g/mol. The Bertz CT molecular complexity index is 1130. The molecule has 0 saturated heterocycles. The molecule has 0 fully saturated rings. The summed E-state index contributed by atoms with van der Waals surface area (Å²) in [5.74, 6) is -3.91. The molecule has 0 bridgehead atoms. The normalized spacial score (nSPS) is 14.4. The summed E-state index contributed by atoms with van der Waals surface area (Å²) in [6, 6.07) is 3.30. The van der Waals surface area contributed by atoms with Gasteiger partial charge in [-0.25, -0.2) is 4.79 Å². The van der Waals surface area contributed by atoms with Gasteiger partial charge in [-0.3, -0.25) is 19.2 Å². The van der Waals surface area contributed by atoms with E-state index in [1.165, 1.54) is 6.92 Å². The van der Waals surface area contributed by atoms with E-state index in [-0.39, 0.29) is 31.6 Å². The van der Waals surface area contributed by atoms with E-state index in [9.17, 15) is 29.1 Å². The Balaban J connectivity index is 1.98. The molecule has 0 aliphatic carbocycles. The number of rotatable bonds is 14. The van der Waals surface area contributed by atoms with Crippen molar-refractivity contribution in [1.29, 1.82) is 0 Å². The fourth-order valence-corrected chi connectivity index (χ4v) is 3.83. The molecule has 37 heavy (non-hydrogen) atoms. The first kappa shape index (κ1) is 29.3. The highest BCUT2D eigenvalue weighted by Gasteiger charge is 2.29. The van der Waals surface area contributed by atoms with Crippen LogP contribution in [0.3, 0.4) is 0 Å². The van der Waals surface area contributed by atoms with Crippen LogP contribution < -0.4 is 27.4 Å². The topological polar surface area (TPSA) is 209 Å². The number of aliphatic carboxylic acids is 1. The van der Waals surface area contributed by atoms with E-state index >= 15 is 0 Å². The van der Waals surface area contributed by atoms with Crippen molar-refractivity contribution >= 4 is 40.5 Å². The smallest absolute Gasteiger partial charge is 0.326 e. The molecule has 4 atom stereocenters. The third kappa shape index (κ3) is 8.90. The van der Waals surface area contributed by atoms with Crippen LogP contribution in [0.4, 0.5) is 0 Å². The number of nitrogens with two attached hydrogens (primary N) is 2. The molecule has 0 aliphatic rings. The fraction of sp³-hybridized carbons (Fsp3) is 0.480. The number of aromatic amines is 1. The number of fused-ring (bicyclic) bond motifs is 1. The Morgan fingerprint density at radius 3 is 2.22 bits per heavy atom. The van der Waals surface area contributed by atoms with Gasteiger partial charge in [0.05, 0.1) is 6.04 Å². The number of benzene rings is 1. The summed E-state index contributed by atoms with van der Waals surface area (Å²) in [6.45, 7) is 5.13. The summed E-state index contributed by atoms with van der Waals surface area (Å²) in [6.07, 6.45) is 1.86. The minimum atomic E-state index is -1.34. The lowest BCUT2D eigenvalue weighted by atomic mass is 10.0. The van der Waals surface area contributed by atoms with Gasteiger partial charge in [0.15, 0.2) is 0 Å². The Hall–Kier alpha value is -3.93. The van der Waals surface area contributed by atoms with Crippen LogP contribution in [-0.4, -0.2) is 63.9 Å². The summed E-state index contributed by atoms with van der Waals surface area (Å²) in [5.41, 5.74) is 13.0. The monoisotopic (exact) mass is 516 g/mol. The zero-order valence-corrected chi connectivity index (χ0v) is 21.2. The van der Waals surface area contributed by atoms with Gasteiger partial charge in [-0.05, 0) is 43.7 Å². The minimum absolute atomic E-state index is 0.0144. The van der Waals surface area contributed by atoms with Crippen molar-refractivity contribution in [3.05, 3.63) is 36.0 Å². The van der Waals surface area contributed by atoms with Crippen molar-refractivity contribution in [2.75, 3.05) is 0 Å². The molecule has 2 aromatic rings. The lowest BCUT2D eigenvalue weighted by Gasteiger charge is -2.24. The second-order valence-corrected chi connectivity index (χ2v) is 9.50. The molecule has 4 unspecified atom stereocenters.